The van der Waals surface area contributed by atoms with Crippen LogP contribution in [0.25, 0.3) is 16.7 Å². The lowest BCUT2D eigenvalue weighted by atomic mass is 10.2. The van der Waals surface area contributed by atoms with E-state index in [4.69, 9.17) is 34.8 Å². The highest BCUT2D eigenvalue weighted by atomic mass is 127. The molecule has 0 radical (unpaired) electrons. The van der Waals surface area contributed by atoms with Gasteiger partial charge in [0.05, 0.1) is 16.2 Å². The second-order valence-corrected chi connectivity index (χ2v) is 7.06. The predicted octanol–water partition coefficient (Wildman–Crippen LogP) is 6.61. The Labute approximate surface area is 157 Å². The molecular formula is C14H5Cl3F3IN2. The van der Waals surface area contributed by atoms with Crippen LogP contribution in [0.1, 0.15) is 5.82 Å². The molecule has 1 heterocycles. The maximum Gasteiger partial charge on any atom is 0.450 e. The van der Waals surface area contributed by atoms with Crippen LogP contribution in [-0.4, -0.2) is 9.55 Å². The van der Waals surface area contributed by atoms with Crippen molar-refractivity contribution >= 4 is 68.4 Å². The van der Waals surface area contributed by atoms with Crippen molar-refractivity contribution in [1.29, 1.82) is 0 Å². The Hall–Kier alpha value is -0.700. The first-order chi connectivity index (χ1) is 10.7. The number of halogens is 7. The van der Waals surface area contributed by atoms with Gasteiger partial charge in [-0.05, 0) is 52.9 Å². The predicted molar refractivity (Wildman–Crippen MR) is 93.8 cm³/mol. The van der Waals surface area contributed by atoms with Crippen LogP contribution in [0.3, 0.4) is 0 Å². The smallest absolute Gasteiger partial charge is 0.288 e. The fourth-order valence-corrected chi connectivity index (χ4v) is 3.84. The molecule has 0 saturated heterocycles. The minimum atomic E-state index is -4.66. The lowest BCUT2D eigenvalue weighted by Gasteiger charge is -2.13. The Bertz CT molecular complexity index is 922. The first-order valence-corrected chi connectivity index (χ1v) is 8.30. The molecular weight excluding hydrogens is 486 g/mol. The highest BCUT2D eigenvalue weighted by Crippen LogP contribution is 2.38. The molecule has 0 bridgehead atoms. The Morgan fingerprint density at radius 2 is 1.70 bits per heavy atom. The number of alkyl halides is 3. The minimum Gasteiger partial charge on any atom is -0.288 e. The van der Waals surface area contributed by atoms with Gasteiger partial charge in [-0.1, -0.05) is 34.8 Å². The molecule has 0 aliphatic heterocycles. The van der Waals surface area contributed by atoms with Crippen molar-refractivity contribution < 1.29 is 13.2 Å². The number of nitrogens with zero attached hydrogens (tertiary/aromatic N) is 2. The average Bonchev–Trinajstić information content (AvgIpc) is 2.78. The van der Waals surface area contributed by atoms with Crippen molar-refractivity contribution in [3.05, 3.63) is 54.8 Å². The topological polar surface area (TPSA) is 17.8 Å². The lowest BCUT2D eigenvalue weighted by molar-refractivity contribution is -0.145. The number of benzene rings is 2. The molecule has 0 atom stereocenters. The zero-order valence-electron chi connectivity index (χ0n) is 10.9. The monoisotopic (exact) mass is 490 g/mol. The maximum atomic E-state index is 13.4. The normalized spacial score (nSPS) is 12.1. The second-order valence-electron chi connectivity index (χ2n) is 4.62. The molecule has 0 N–H and O–H groups in total. The fraction of sp³-hybridized carbons (Fsp3) is 0.0714. The zero-order chi connectivity index (χ0) is 16.9. The fourth-order valence-electron chi connectivity index (χ4n) is 2.20. The van der Waals surface area contributed by atoms with Gasteiger partial charge in [0.25, 0.3) is 0 Å². The van der Waals surface area contributed by atoms with Crippen LogP contribution in [0.5, 0.6) is 0 Å². The molecule has 0 aliphatic rings. The van der Waals surface area contributed by atoms with E-state index in [1.54, 1.807) is 6.07 Å². The highest BCUT2D eigenvalue weighted by Gasteiger charge is 2.38. The quantitative estimate of drug-likeness (QED) is 0.351. The Balaban J connectivity index is 2.46. The van der Waals surface area contributed by atoms with Gasteiger partial charge in [-0.3, -0.25) is 4.57 Å². The molecule has 3 rings (SSSR count). The van der Waals surface area contributed by atoms with Crippen molar-refractivity contribution in [2.45, 2.75) is 6.18 Å². The van der Waals surface area contributed by atoms with E-state index in [1.165, 1.54) is 24.3 Å². The summed E-state index contributed by atoms with van der Waals surface area (Å²) in [4.78, 5) is 3.68. The standard InChI is InChI=1S/C14H5Cl3F3IN2/c15-6-1-2-10(9(21)4-6)23-11-5-7(16)3-8(17)12(11)22-13(23)14(18,19)20/h1-5H. The number of hydrogen-bond acceptors (Lipinski definition) is 1. The van der Waals surface area contributed by atoms with E-state index in [0.29, 0.717) is 14.3 Å². The molecule has 23 heavy (non-hydrogen) atoms. The Kier molecular flexibility index (Phi) is 4.46. The number of aromatic nitrogens is 2. The lowest BCUT2D eigenvalue weighted by Crippen LogP contribution is -2.14. The molecule has 0 spiro atoms. The third-order valence-electron chi connectivity index (χ3n) is 3.08. The van der Waals surface area contributed by atoms with Gasteiger partial charge in [0.15, 0.2) is 0 Å². The van der Waals surface area contributed by atoms with Crippen molar-refractivity contribution in [3.8, 4) is 5.69 Å². The number of rotatable bonds is 1. The zero-order valence-corrected chi connectivity index (χ0v) is 15.4. The Morgan fingerprint density at radius 1 is 1.00 bits per heavy atom. The largest absolute Gasteiger partial charge is 0.450 e. The van der Waals surface area contributed by atoms with Crippen LogP contribution in [0, 0.1) is 3.57 Å². The summed E-state index contributed by atoms with van der Waals surface area (Å²) in [5.74, 6) is -1.07. The van der Waals surface area contributed by atoms with E-state index in [2.05, 4.69) is 4.98 Å². The molecule has 2 nitrogen and oxygen atoms in total. The molecule has 9 heteroatoms. The number of imidazole rings is 1. The number of fused-ring (bicyclic) bond motifs is 1. The van der Waals surface area contributed by atoms with E-state index >= 15 is 0 Å². The third kappa shape index (κ3) is 3.14. The summed E-state index contributed by atoms with van der Waals surface area (Å²) in [6.07, 6.45) is -4.66. The van der Waals surface area contributed by atoms with E-state index < -0.39 is 12.0 Å². The molecule has 0 amide bonds. The summed E-state index contributed by atoms with van der Waals surface area (Å²) >= 11 is 19.7. The van der Waals surface area contributed by atoms with Crippen LogP contribution >= 0.6 is 57.4 Å². The van der Waals surface area contributed by atoms with Crippen LogP contribution in [0.2, 0.25) is 15.1 Å². The molecule has 120 valence electrons. The summed E-state index contributed by atoms with van der Waals surface area (Å²) in [6, 6.07) is 7.33. The van der Waals surface area contributed by atoms with Gasteiger partial charge < -0.3 is 0 Å². The highest BCUT2D eigenvalue weighted by molar-refractivity contribution is 14.1. The molecule has 2 aromatic carbocycles. The van der Waals surface area contributed by atoms with Crippen molar-refractivity contribution in [2.75, 3.05) is 0 Å². The van der Waals surface area contributed by atoms with Crippen molar-refractivity contribution in [2.24, 2.45) is 0 Å². The first kappa shape index (κ1) is 17.1. The van der Waals surface area contributed by atoms with E-state index in [-0.39, 0.29) is 21.1 Å². The molecule has 0 aliphatic carbocycles. The van der Waals surface area contributed by atoms with Crippen LogP contribution in [-0.2, 0) is 6.18 Å². The summed E-state index contributed by atoms with van der Waals surface area (Å²) in [5, 5.41) is 0.703. The van der Waals surface area contributed by atoms with E-state index in [0.717, 1.165) is 4.57 Å². The van der Waals surface area contributed by atoms with Gasteiger partial charge in [-0.15, -0.1) is 0 Å². The number of hydrogen-bond donors (Lipinski definition) is 0. The molecule has 0 saturated carbocycles. The third-order valence-corrected chi connectivity index (χ3v) is 4.69. The van der Waals surface area contributed by atoms with Crippen LogP contribution in [0.15, 0.2) is 30.3 Å². The van der Waals surface area contributed by atoms with Crippen molar-refractivity contribution in [1.82, 2.24) is 9.55 Å². The molecule has 1 aromatic heterocycles. The average molecular weight is 491 g/mol. The summed E-state index contributed by atoms with van der Waals surface area (Å²) in [6.45, 7) is 0. The van der Waals surface area contributed by atoms with Crippen LogP contribution in [0.4, 0.5) is 13.2 Å². The van der Waals surface area contributed by atoms with Gasteiger partial charge >= 0.3 is 6.18 Å². The molecule has 0 fully saturated rings. The summed E-state index contributed by atoms with van der Waals surface area (Å²) < 4.78 is 41.8. The van der Waals surface area contributed by atoms with Gasteiger partial charge in [-0.2, -0.15) is 13.2 Å². The van der Waals surface area contributed by atoms with Gasteiger partial charge in [0.1, 0.15) is 5.52 Å². The van der Waals surface area contributed by atoms with Crippen LogP contribution < -0.4 is 0 Å². The summed E-state index contributed by atoms with van der Waals surface area (Å²) in [7, 11) is 0. The van der Waals surface area contributed by atoms with Gasteiger partial charge in [0.2, 0.25) is 5.82 Å². The van der Waals surface area contributed by atoms with Gasteiger partial charge in [-0.25, -0.2) is 4.98 Å². The van der Waals surface area contributed by atoms with Crippen molar-refractivity contribution in [3.63, 3.8) is 0 Å². The summed E-state index contributed by atoms with van der Waals surface area (Å²) in [5.41, 5.74) is 0.507. The first-order valence-electron chi connectivity index (χ1n) is 6.08. The maximum absolute atomic E-state index is 13.4. The molecule has 3 aromatic rings. The van der Waals surface area contributed by atoms with E-state index in [9.17, 15) is 13.2 Å². The SMILES string of the molecule is FC(F)(F)c1nc2c(Cl)cc(Cl)cc2n1-c1ccc(Cl)cc1I. The van der Waals surface area contributed by atoms with E-state index in [1.807, 2.05) is 22.6 Å². The Morgan fingerprint density at radius 3 is 2.30 bits per heavy atom. The second kappa shape index (κ2) is 5.98. The van der Waals surface area contributed by atoms with Gasteiger partial charge in [0, 0.05) is 13.6 Å². The minimum absolute atomic E-state index is 0.0362. The molecule has 0 unspecified atom stereocenters.